The van der Waals surface area contributed by atoms with Gasteiger partial charge in [-0.25, -0.2) is 8.42 Å². The van der Waals surface area contributed by atoms with Gasteiger partial charge < -0.3 is 5.32 Å². The van der Waals surface area contributed by atoms with Crippen LogP contribution in [0, 0.1) is 6.92 Å². The van der Waals surface area contributed by atoms with Crippen molar-refractivity contribution in [3.63, 3.8) is 0 Å². The Kier molecular flexibility index (Phi) is 4.32. The van der Waals surface area contributed by atoms with Crippen LogP contribution in [0.3, 0.4) is 0 Å². The second-order valence-corrected chi connectivity index (χ2v) is 7.91. The molecule has 3 nitrogen and oxygen atoms in total. The first-order valence-corrected chi connectivity index (χ1v) is 9.31. The van der Waals surface area contributed by atoms with Crippen LogP contribution in [0.25, 0.3) is 0 Å². The van der Waals surface area contributed by atoms with Crippen LogP contribution in [0.4, 0.5) is 0 Å². The van der Waals surface area contributed by atoms with Gasteiger partial charge in [0.2, 0.25) is 0 Å². The third kappa shape index (κ3) is 3.39. The highest BCUT2D eigenvalue weighted by Gasteiger charge is 2.16. The van der Waals surface area contributed by atoms with Gasteiger partial charge >= 0.3 is 0 Å². The third-order valence-corrected chi connectivity index (χ3v) is 5.85. The van der Waals surface area contributed by atoms with E-state index in [1.54, 1.807) is 12.1 Å². The van der Waals surface area contributed by atoms with Gasteiger partial charge in [0.05, 0.1) is 10.6 Å². The molecular weight excluding hydrogens is 294 g/mol. The minimum Gasteiger partial charge on any atom is -0.316 e. The lowest BCUT2D eigenvalue weighted by molar-refractivity contribution is 0.595. The van der Waals surface area contributed by atoms with Crippen LogP contribution in [0.15, 0.2) is 47.4 Å². The Morgan fingerprint density at radius 2 is 1.64 bits per heavy atom. The Balaban J connectivity index is 1.86. The molecule has 1 aliphatic heterocycles. The fraction of sp³-hybridized carbons (Fsp3) is 0.333. The first-order chi connectivity index (χ1) is 10.5. The van der Waals surface area contributed by atoms with E-state index in [0.717, 1.165) is 37.1 Å². The maximum absolute atomic E-state index is 12.5. The fourth-order valence-electron chi connectivity index (χ4n) is 2.87. The Morgan fingerprint density at radius 3 is 2.36 bits per heavy atom. The molecule has 1 aliphatic rings. The number of fused-ring (bicyclic) bond motifs is 1. The van der Waals surface area contributed by atoms with Gasteiger partial charge in [-0.15, -0.1) is 0 Å². The molecule has 0 radical (unpaired) electrons. The van der Waals surface area contributed by atoms with Crippen LogP contribution in [-0.2, 0) is 28.4 Å². The third-order valence-electron chi connectivity index (χ3n) is 4.15. The van der Waals surface area contributed by atoms with Crippen molar-refractivity contribution in [3.05, 3.63) is 64.7 Å². The summed E-state index contributed by atoms with van der Waals surface area (Å²) >= 11 is 0. The van der Waals surface area contributed by atoms with Crippen LogP contribution in [0.1, 0.15) is 22.3 Å². The van der Waals surface area contributed by atoms with Crippen molar-refractivity contribution >= 4 is 9.84 Å². The van der Waals surface area contributed by atoms with Crippen molar-refractivity contribution in [2.24, 2.45) is 0 Å². The van der Waals surface area contributed by atoms with Crippen LogP contribution >= 0.6 is 0 Å². The zero-order valence-electron chi connectivity index (χ0n) is 12.8. The minimum atomic E-state index is -3.28. The normalized spacial score (nSPS) is 15.1. The van der Waals surface area contributed by atoms with Crippen molar-refractivity contribution in [2.75, 3.05) is 13.1 Å². The lowest BCUT2D eigenvalue weighted by Crippen LogP contribution is -2.16. The summed E-state index contributed by atoms with van der Waals surface area (Å²) in [5.74, 6) is 0.0662. The standard InChI is InChI=1S/C18H21NO2S/c1-14-2-6-18(7-3-14)22(20,21)13-15-4-5-16-8-10-19-11-9-17(16)12-15/h2-7,12,19H,8-11,13H2,1H3. The van der Waals surface area contributed by atoms with Crippen molar-refractivity contribution in [2.45, 2.75) is 30.4 Å². The highest BCUT2D eigenvalue weighted by molar-refractivity contribution is 7.90. The Hall–Kier alpha value is -1.65. The molecule has 0 saturated heterocycles. The molecule has 2 aromatic rings. The van der Waals surface area contributed by atoms with E-state index in [1.807, 2.05) is 25.1 Å². The van der Waals surface area contributed by atoms with Crippen molar-refractivity contribution in [1.82, 2.24) is 5.32 Å². The smallest absolute Gasteiger partial charge is 0.182 e. The predicted octanol–water partition coefficient (Wildman–Crippen LogP) is 2.66. The largest absolute Gasteiger partial charge is 0.316 e. The molecule has 0 fully saturated rings. The molecule has 116 valence electrons. The SMILES string of the molecule is Cc1ccc(S(=O)(=O)Cc2ccc3c(c2)CCNCC3)cc1. The van der Waals surface area contributed by atoms with Gasteiger partial charge in [0.1, 0.15) is 0 Å². The molecule has 1 heterocycles. The molecule has 22 heavy (non-hydrogen) atoms. The Morgan fingerprint density at radius 1 is 0.955 bits per heavy atom. The summed E-state index contributed by atoms with van der Waals surface area (Å²) in [7, 11) is -3.28. The van der Waals surface area contributed by atoms with Crippen LogP contribution in [0.2, 0.25) is 0 Å². The predicted molar refractivity (Wildman–Crippen MR) is 88.8 cm³/mol. The van der Waals surface area contributed by atoms with E-state index >= 15 is 0 Å². The van der Waals surface area contributed by atoms with Gasteiger partial charge in [-0.3, -0.25) is 0 Å². The summed E-state index contributed by atoms with van der Waals surface area (Å²) < 4.78 is 25.1. The van der Waals surface area contributed by atoms with E-state index in [4.69, 9.17) is 0 Å². The zero-order chi connectivity index (χ0) is 15.6. The minimum absolute atomic E-state index is 0.0662. The van der Waals surface area contributed by atoms with Crippen molar-refractivity contribution in [1.29, 1.82) is 0 Å². The number of aryl methyl sites for hydroxylation is 1. The van der Waals surface area contributed by atoms with Gasteiger partial charge in [0, 0.05) is 0 Å². The van der Waals surface area contributed by atoms with Crippen LogP contribution < -0.4 is 5.32 Å². The average molecular weight is 315 g/mol. The van der Waals surface area contributed by atoms with Gasteiger partial charge in [0.15, 0.2) is 9.84 Å². The molecule has 0 amide bonds. The molecule has 3 rings (SSSR count). The number of benzene rings is 2. The summed E-state index contributed by atoms with van der Waals surface area (Å²) in [6.45, 7) is 3.91. The summed E-state index contributed by atoms with van der Waals surface area (Å²) in [4.78, 5) is 0.398. The van der Waals surface area contributed by atoms with Gasteiger partial charge in [0.25, 0.3) is 0 Å². The molecule has 0 saturated carbocycles. The van der Waals surface area contributed by atoms with E-state index in [1.165, 1.54) is 11.1 Å². The van der Waals surface area contributed by atoms with Crippen LogP contribution in [-0.4, -0.2) is 21.5 Å². The fourth-order valence-corrected chi connectivity index (χ4v) is 4.20. The molecule has 0 unspecified atom stereocenters. The molecule has 0 bridgehead atoms. The van der Waals surface area contributed by atoms with Crippen molar-refractivity contribution in [3.8, 4) is 0 Å². The van der Waals surface area contributed by atoms with E-state index in [2.05, 4.69) is 17.4 Å². The highest BCUT2D eigenvalue weighted by Crippen LogP contribution is 2.20. The summed E-state index contributed by atoms with van der Waals surface area (Å²) in [6, 6.07) is 13.2. The van der Waals surface area contributed by atoms with E-state index in [-0.39, 0.29) is 5.75 Å². The first-order valence-electron chi connectivity index (χ1n) is 7.65. The van der Waals surface area contributed by atoms with E-state index in [0.29, 0.717) is 4.90 Å². The Labute approximate surface area is 132 Å². The molecule has 0 aromatic heterocycles. The lowest BCUT2D eigenvalue weighted by Gasteiger charge is -2.09. The first kappa shape index (κ1) is 15.3. The molecule has 0 aliphatic carbocycles. The highest BCUT2D eigenvalue weighted by atomic mass is 32.2. The lowest BCUT2D eigenvalue weighted by atomic mass is 10.0. The number of nitrogens with one attached hydrogen (secondary N) is 1. The van der Waals surface area contributed by atoms with Crippen LogP contribution in [0.5, 0.6) is 0 Å². The van der Waals surface area contributed by atoms with E-state index < -0.39 is 9.84 Å². The molecule has 4 heteroatoms. The second kappa shape index (κ2) is 6.23. The molecule has 2 aromatic carbocycles. The number of hydrogen-bond acceptors (Lipinski definition) is 3. The monoisotopic (exact) mass is 315 g/mol. The number of hydrogen-bond donors (Lipinski definition) is 1. The quantitative estimate of drug-likeness (QED) is 0.947. The number of rotatable bonds is 3. The molecule has 0 atom stereocenters. The summed E-state index contributed by atoms with van der Waals surface area (Å²) in [5, 5.41) is 3.37. The topological polar surface area (TPSA) is 46.2 Å². The molecular formula is C18H21NO2S. The average Bonchev–Trinajstić information content (AvgIpc) is 2.72. The van der Waals surface area contributed by atoms with Gasteiger partial charge in [-0.2, -0.15) is 0 Å². The summed E-state index contributed by atoms with van der Waals surface area (Å²) in [6.07, 6.45) is 1.98. The maximum Gasteiger partial charge on any atom is 0.182 e. The molecule has 1 N–H and O–H groups in total. The second-order valence-electron chi connectivity index (χ2n) is 5.93. The van der Waals surface area contributed by atoms with Gasteiger partial charge in [-0.05, 0) is 61.7 Å². The zero-order valence-corrected chi connectivity index (χ0v) is 13.6. The molecule has 0 spiro atoms. The number of sulfone groups is 1. The summed E-state index contributed by atoms with van der Waals surface area (Å²) in [5.41, 5.74) is 4.56. The van der Waals surface area contributed by atoms with Gasteiger partial charge in [-0.1, -0.05) is 35.9 Å². The maximum atomic E-state index is 12.5. The van der Waals surface area contributed by atoms with Crippen molar-refractivity contribution < 1.29 is 8.42 Å². The van der Waals surface area contributed by atoms with E-state index in [9.17, 15) is 8.42 Å². The Bertz CT molecular complexity index is 764.